The summed E-state index contributed by atoms with van der Waals surface area (Å²) in [6.07, 6.45) is -4.11. The van der Waals surface area contributed by atoms with Crippen LogP contribution in [0.5, 0.6) is 0 Å². The van der Waals surface area contributed by atoms with Gasteiger partial charge in [-0.05, 0) is 24.6 Å². The number of aryl methyl sites for hydroxylation is 1. The number of esters is 1. The molecule has 2 rings (SSSR count). The zero-order chi connectivity index (χ0) is 16.5. The molecule has 0 unspecified atom stereocenters. The molecule has 0 saturated heterocycles. The fourth-order valence-corrected chi connectivity index (χ4v) is 2.17. The SMILES string of the molecule is COC(=O)c1c(Cc2ccc(C(F)(F)F)cc2)nn(C)c1C. The Labute approximate surface area is 125 Å². The van der Waals surface area contributed by atoms with Crippen molar-refractivity contribution in [2.75, 3.05) is 7.11 Å². The van der Waals surface area contributed by atoms with Gasteiger partial charge in [0.2, 0.25) is 0 Å². The number of rotatable bonds is 3. The summed E-state index contributed by atoms with van der Waals surface area (Å²) in [5, 5.41) is 4.24. The zero-order valence-corrected chi connectivity index (χ0v) is 12.4. The lowest BCUT2D eigenvalue weighted by atomic mass is 10.0. The van der Waals surface area contributed by atoms with Crippen molar-refractivity contribution < 1.29 is 22.7 Å². The van der Waals surface area contributed by atoms with E-state index in [1.807, 2.05) is 0 Å². The smallest absolute Gasteiger partial charge is 0.416 e. The van der Waals surface area contributed by atoms with Gasteiger partial charge in [0.25, 0.3) is 0 Å². The number of nitrogens with zero attached hydrogens (tertiary/aromatic N) is 2. The monoisotopic (exact) mass is 312 g/mol. The molecule has 0 fully saturated rings. The van der Waals surface area contributed by atoms with E-state index in [4.69, 9.17) is 4.74 Å². The number of carbonyl (C=O) groups is 1. The van der Waals surface area contributed by atoms with Crippen molar-refractivity contribution >= 4 is 5.97 Å². The van der Waals surface area contributed by atoms with Crippen LogP contribution in [0, 0.1) is 6.92 Å². The number of carbonyl (C=O) groups excluding carboxylic acids is 1. The molecule has 0 N–H and O–H groups in total. The molecule has 2 aromatic rings. The van der Waals surface area contributed by atoms with E-state index in [9.17, 15) is 18.0 Å². The molecule has 0 atom stereocenters. The molecule has 0 saturated carbocycles. The van der Waals surface area contributed by atoms with Crippen molar-refractivity contribution in [2.24, 2.45) is 7.05 Å². The standard InChI is InChI=1S/C15H15F3N2O2/c1-9-13(14(21)22-3)12(19-20(9)2)8-10-4-6-11(7-5-10)15(16,17)18/h4-7H,8H2,1-3H3. The molecule has 0 radical (unpaired) electrons. The van der Waals surface area contributed by atoms with Crippen LogP contribution in [-0.4, -0.2) is 22.9 Å². The summed E-state index contributed by atoms with van der Waals surface area (Å²) in [6.45, 7) is 1.73. The number of hydrogen-bond donors (Lipinski definition) is 0. The summed E-state index contributed by atoms with van der Waals surface area (Å²) >= 11 is 0. The quantitative estimate of drug-likeness (QED) is 0.818. The number of halogens is 3. The first-order valence-electron chi connectivity index (χ1n) is 6.51. The van der Waals surface area contributed by atoms with Crippen molar-refractivity contribution in [2.45, 2.75) is 19.5 Å². The van der Waals surface area contributed by atoms with E-state index >= 15 is 0 Å². The second-order valence-corrected chi connectivity index (χ2v) is 4.89. The molecular weight excluding hydrogens is 297 g/mol. The molecule has 0 aliphatic rings. The lowest BCUT2D eigenvalue weighted by Gasteiger charge is -2.07. The van der Waals surface area contributed by atoms with E-state index in [0.29, 0.717) is 22.5 Å². The number of ether oxygens (including phenoxy) is 1. The van der Waals surface area contributed by atoms with Crippen LogP contribution in [0.4, 0.5) is 13.2 Å². The first-order valence-corrected chi connectivity index (χ1v) is 6.51. The molecule has 1 aromatic carbocycles. The van der Waals surface area contributed by atoms with Crippen LogP contribution in [0.3, 0.4) is 0 Å². The van der Waals surface area contributed by atoms with Crippen LogP contribution >= 0.6 is 0 Å². The first-order chi connectivity index (χ1) is 10.2. The number of hydrogen-bond acceptors (Lipinski definition) is 3. The molecular formula is C15H15F3N2O2. The third-order valence-electron chi connectivity index (χ3n) is 3.45. The van der Waals surface area contributed by atoms with Crippen molar-refractivity contribution in [1.82, 2.24) is 9.78 Å². The average Bonchev–Trinajstić information content (AvgIpc) is 2.72. The molecule has 1 heterocycles. The maximum atomic E-state index is 12.5. The Balaban J connectivity index is 2.32. The van der Waals surface area contributed by atoms with Crippen LogP contribution in [0.25, 0.3) is 0 Å². The van der Waals surface area contributed by atoms with Gasteiger partial charge in [0.1, 0.15) is 5.56 Å². The molecule has 22 heavy (non-hydrogen) atoms. The minimum atomic E-state index is -4.36. The molecule has 4 nitrogen and oxygen atoms in total. The van der Waals surface area contributed by atoms with E-state index < -0.39 is 17.7 Å². The summed E-state index contributed by atoms with van der Waals surface area (Å²) in [7, 11) is 2.97. The summed E-state index contributed by atoms with van der Waals surface area (Å²) in [6, 6.07) is 4.80. The third-order valence-corrected chi connectivity index (χ3v) is 3.45. The lowest BCUT2D eigenvalue weighted by molar-refractivity contribution is -0.137. The minimum Gasteiger partial charge on any atom is -0.465 e. The van der Waals surface area contributed by atoms with Crippen molar-refractivity contribution in [3.8, 4) is 0 Å². The first kappa shape index (κ1) is 16.1. The molecule has 0 aliphatic heterocycles. The number of benzene rings is 1. The molecule has 0 amide bonds. The van der Waals surface area contributed by atoms with Gasteiger partial charge in [0.05, 0.1) is 18.4 Å². The summed E-state index contributed by atoms with van der Waals surface area (Å²) in [5.74, 6) is -0.507. The highest BCUT2D eigenvalue weighted by molar-refractivity contribution is 5.92. The van der Waals surface area contributed by atoms with Crippen molar-refractivity contribution in [3.05, 3.63) is 52.3 Å². The predicted molar refractivity (Wildman–Crippen MR) is 73.5 cm³/mol. The van der Waals surface area contributed by atoms with E-state index in [1.165, 1.54) is 19.2 Å². The van der Waals surface area contributed by atoms with E-state index in [1.54, 1.807) is 18.7 Å². The summed E-state index contributed by atoms with van der Waals surface area (Å²) < 4.78 is 43.9. The van der Waals surface area contributed by atoms with Gasteiger partial charge in [-0.1, -0.05) is 12.1 Å². The molecule has 0 aliphatic carbocycles. The van der Waals surface area contributed by atoms with E-state index in [-0.39, 0.29) is 6.42 Å². The minimum absolute atomic E-state index is 0.254. The Hall–Kier alpha value is -2.31. The van der Waals surface area contributed by atoms with E-state index in [0.717, 1.165) is 12.1 Å². The van der Waals surface area contributed by atoms with Crippen LogP contribution in [0.1, 0.15) is 32.9 Å². The van der Waals surface area contributed by atoms with Gasteiger partial charge in [-0.3, -0.25) is 4.68 Å². The second-order valence-electron chi connectivity index (χ2n) is 4.89. The Bertz CT molecular complexity index is 688. The molecule has 7 heteroatoms. The maximum Gasteiger partial charge on any atom is 0.416 e. The van der Waals surface area contributed by atoms with Crippen LogP contribution in [0.2, 0.25) is 0 Å². The normalized spacial score (nSPS) is 11.5. The van der Waals surface area contributed by atoms with Crippen LogP contribution in [0.15, 0.2) is 24.3 Å². The highest BCUT2D eigenvalue weighted by Gasteiger charge is 2.30. The predicted octanol–water partition coefficient (Wildman–Crippen LogP) is 3.12. The summed E-state index contributed by atoms with van der Waals surface area (Å²) in [4.78, 5) is 11.8. The van der Waals surface area contributed by atoms with Gasteiger partial charge in [-0.15, -0.1) is 0 Å². The number of alkyl halides is 3. The van der Waals surface area contributed by atoms with Gasteiger partial charge in [0.15, 0.2) is 0 Å². The topological polar surface area (TPSA) is 44.1 Å². The van der Waals surface area contributed by atoms with Gasteiger partial charge in [-0.25, -0.2) is 4.79 Å². The summed E-state index contributed by atoms with van der Waals surface area (Å²) in [5.41, 5.74) is 1.41. The Morgan fingerprint density at radius 3 is 2.36 bits per heavy atom. The largest absolute Gasteiger partial charge is 0.465 e. The zero-order valence-electron chi connectivity index (χ0n) is 12.4. The average molecular weight is 312 g/mol. The molecule has 0 spiro atoms. The second kappa shape index (κ2) is 5.82. The van der Waals surface area contributed by atoms with Gasteiger partial charge in [-0.2, -0.15) is 18.3 Å². The van der Waals surface area contributed by atoms with Gasteiger partial charge >= 0.3 is 12.1 Å². The lowest BCUT2D eigenvalue weighted by Crippen LogP contribution is -2.07. The van der Waals surface area contributed by atoms with Crippen LogP contribution in [-0.2, 0) is 24.4 Å². The highest BCUT2D eigenvalue weighted by atomic mass is 19.4. The van der Waals surface area contributed by atoms with Crippen molar-refractivity contribution in [3.63, 3.8) is 0 Å². The van der Waals surface area contributed by atoms with Crippen molar-refractivity contribution in [1.29, 1.82) is 0 Å². The Morgan fingerprint density at radius 2 is 1.86 bits per heavy atom. The van der Waals surface area contributed by atoms with Gasteiger partial charge < -0.3 is 4.74 Å². The van der Waals surface area contributed by atoms with Gasteiger partial charge in [0, 0.05) is 19.2 Å². The maximum absolute atomic E-state index is 12.5. The fourth-order valence-electron chi connectivity index (χ4n) is 2.17. The molecule has 1 aromatic heterocycles. The molecule has 118 valence electrons. The Kier molecular flexibility index (Phi) is 4.25. The Morgan fingerprint density at radius 1 is 1.27 bits per heavy atom. The van der Waals surface area contributed by atoms with E-state index in [2.05, 4.69) is 5.10 Å². The highest BCUT2D eigenvalue weighted by Crippen LogP contribution is 2.29. The number of methoxy groups -OCH3 is 1. The molecule has 0 bridgehead atoms. The fraction of sp³-hybridized carbons (Fsp3) is 0.333. The number of aromatic nitrogens is 2. The van der Waals surface area contributed by atoms with Crippen LogP contribution < -0.4 is 0 Å². The third kappa shape index (κ3) is 3.13.